The van der Waals surface area contributed by atoms with Gasteiger partial charge in [0.2, 0.25) is 0 Å². The molecule has 4 aromatic rings. The van der Waals surface area contributed by atoms with Crippen molar-refractivity contribution in [2.75, 3.05) is 0 Å². The number of benzene rings is 4. The molecule has 0 bridgehead atoms. The summed E-state index contributed by atoms with van der Waals surface area (Å²) in [5.41, 5.74) is 4.45. The summed E-state index contributed by atoms with van der Waals surface area (Å²) >= 11 is 0. The largest absolute Gasteiger partial charge is 1.00 e. The van der Waals surface area contributed by atoms with Crippen molar-refractivity contribution < 1.29 is 170 Å². The van der Waals surface area contributed by atoms with Crippen molar-refractivity contribution in [2.24, 2.45) is 23.7 Å². The fourth-order valence-corrected chi connectivity index (χ4v) is 13.8. The smallest absolute Gasteiger partial charge is 0.744 e. The average Bonchev–Trinajstić information content (AvgIpc) is 0.910. The Kier molecular flexibility index (Phi) is 63.0. The van der Waals surface area contributed by atoms with E-state index in [1.807, 2.05) is 0 Å². The van der Waals surface area contributed by atoms with Crippen LogP contribution >= 0.6 is 0 Å². The molecule has 4 aromatic carbocycles. The SMILES string of the molecule is CCCCCCC(C)CCC(C)c1ccc(S(=O)(=O)[O-])cc1.CCCCCCC(C)CCC(CC)c1ccc(S(=O)(=O)[O-])cc1.CCCCCCC(C)CCCC(C)c1ccc(S(=O)(=O)[O-])cc1.CCCCCCC(C)CCCCC(C)c1ccc(S(=O)(=O)[O-])cc1.[Na+].[Na+].[Na+].[Na+]. The van der Waals surface area contributed by atoms with Crippen LogP contribution < -0.4 is 118 Å². The first-order valence-electron chi connectivity index (χ1n) is 35.6. The van der Waals surface area contributed by atoms with Crippen LogP contribution in [-0.4, -0.2) is 51.9 Å². The molecule has 8 unspecified atom stereocenters. The number of rotatable bonds is 44. The van der Waals surface area contributed by atoms with Crippen LogP contribution in [0.3, 0.4) is 0 Å². The Morgan fingerprint density at radius 1 is 0.250 bits per heavy atom. The Balaban J connectivity index is -0.000000580. The summed E-state index contributed by atoms with van der Waals surface area (Å²) in [6, 6.07) is 25.6. The Hall–Kier alpha value is 0.520. The minimum absolute atomic E-state index is 0. The normalized spacial score (nSPS) is 14.0. The molecule has 12 nitrogen and oxygen atoms in total. The van der Waals surface area contributed by atoms with Crippen LogP contribution in [0.2, 0.25) is 0 Å². The van der Waals surface area contributed by atoms with E-state index < -0.39 is 40.5 Å². The molecule has 0 aliphatic rings. The second kappa shape index (κ2) is 58.8. The van der Waals surface area contributed by atoms with E-state index in [2.05, 4.69) is 83.1 Å². The molecule has 20 heteroatoms. The summed E-state index contributed by atoms with van der Waals surface area (Å²) < 4.78 is 131. The van der Waals surface area contributed by atoms with E-state index in [1.165, 1.54) is 222 Å². The predicted octanol–water partition coefficient (Wildman–Crippen LogP) is 9.90. The van der Waals surface area contributed by atoms with Gasteiger partial charge in [-0.1, -0.05) is 305 Å². The number of hydrogen-bond acceptors (Lipinski definition) is 12. The quantitative estimate of drug-likeness (QED) is 0.0229. The zero-order chi connectivity index (χ0) is 69.2. The first kappa shape index (κ1) is 103. The first-order chi connectivity index (χ1) is 43.4. The van der Waals surface area contributed by atoms with Crippen LogP contribution in [-0.2, 0) is 40.5 Å². The van der Waals surface area contributed by atoms with E-state index in [4.69, 9.17) is 0 Å². The molecule has 0 amide bonds. The number of hydrogen-bond donors (Lipinski definition) is 0. The Morgan fingerprint density at radius 2 is 0.458 bits per heavy atom. The van der Waals surface area contributed by atoms with Crippen LogP contribution in [0.15, 0.2) is 117 Å². The molecule has 0 heterocycles. The third-order valence-corrected chi connectivity index (χ3v) is 22.0. The van der Waals surface area contributed by atoms with Crippen molar-refractivity contribution in [1.29, 1.82) is 0 Å². The molecule has 0 saturated carbocycles. The van der Waals surface area contributed by atoms with Crippen molar-refractivity contribution in [3.05, 3.63) is 119 Å². The molecule has 96 heavy (non-hydrogen) atoms. The molecule has 0 aromatic heterocycles. The maximum Gasteiger partial charge on any atom is 1.00 e. The third kappa shape index (κ3) is 49.3. The van der Waals surface area contributed by atoms with Crippen molar-refractivity contribution in [1.82, 2.24) is 0 Å². The van der Waals surface area contributed by atoms with Gasteiger partial charge in [-0.3, -0.25) is 0 Å². The van der Waals surface area contributed by atoms with Gasteiger partial charge in [-0.15, -0.1) is 0 Å². The molecule has 0 aliphatic carbocycles. The third-order valence-electron chi connectivity index (χ3n) is 18.6. The molecule has 4 rings (SSSR count). The van der Waals surface area contributed by atoms with Crippen LogP contribution in [0.1, 0.15) is 334 Å². The molecule has 0 aliphatic heterocycles. The fraction of sp³-hybridized carbons (Fsp3) is 0.684. The fourth-order valence-electron chi connectivity index (χ4n) is 11.9. The summed E-state index contributed by atoms with van der Waals surface area (Å²) in [6.45, 7) is 26.9. The van der Waals surface area contributed by atoms with Crippen LogP contribution in [0.5, 0.6) is 0 Å². The molecule has 0 fully saturated rings. The van der Waals surface area contributed by atoms with E-state index in [0.29, 0.717) is 23.7 Å². The van der Waals surface area contributed by atoms with E-state index in [9.17, 15) is 51.9 Å². The summed E-state index contributed by atoms with van der Waals surface area (Å²) in [6.07, 6.45) is 40.5. The molecule has 0 N–H and O–H groups in total. The Labute approximate surface area is 677 Å². The van der Waals surface area contributed by atoms with Gasteiger partial charge >= 0.3 is 118 Å². The Morgan fingerprint density at radius 3 is 0.719 bits per heavy atom. The summed E-state index contributed by atoms with van der Waals surface area (Å²) in [5, 5.41) is 0. The van der Waals surface area contributed by atoms with Crippen LogP contribution in [0.25, 0.3) is 0 Å². The Bertz CT molecular complexity index is 2970. The number of unbranched alkanes of at least 4 members (excludes halogenated alkanes) is 13. The van der Waals surface area contributed by atoms with Gasteiger partial charge in [0.15, 0.2) is 0 Å². The van der Waals surface area contributed by atoms with Crippen molar-refractivity contribution in [2.45, 2.75) is 332 Å². The zero-order valence-corrected chi connectivity index (χ0v) is 74.3. The summed E-state index contributed by atoms with van der Waals surface area (Å²) in [4.78, 5) is -0.572. The maximum atomic E-state index is 11.0. The second-order valence-corrected chi connectivity index (χ2v) is 32.6. The zero-order valence-electron chi connectivity index (χ0n) is 63.0. The van der Waals surface area contributed by atoms with Gasteiger partial charge in [0, 0.05) is 0 Å². The molecule has 0 spiro atoms. The minimum atomic E-state index is -4.34. The molecule has 8 atom stereocenters. The van der Waals surface area contributed by atoms with E-state index in [0.717, 1.165) is 78.0 Å². The van der Waals surface area contributed by atoms with Crippen molar-refractivity contribution in [3.8, 4) is 0 Å². The molecule has 0 radical (unpaired) electrons. The first-order valence-corrected chi connectivity index (χ1v) is 41.3. The van der Waals surface area contributed by atoms with Gasteiger partial charge in [-0.2, -0.15) is 0 Å². The molecule has 0 saturated heterocycles. The maximum absolute atomic E-state index is 11.0. The van der Waals surface area contributed by atoms with E-state index in [-0.39, 0.29) is 138 Å². The molecule has 528 valence electrons. The van der Waals surface area contributed by atoms with Gasteiger partial charge in [-0.25, -0.2) is 33.7 Å². The van der Waals surface area contributed by atoms with Crippen molar-refractivity contribution >= 4 is 40.5 Å². The van der Waals surface area contributed by atoms with E-state index in [1.54, 1.807) is 48.5 Å². The van der Waals surface area contributed by atoms with Gasteiger partial charge in [0.25, 0.3) is 0 Å². The average molecular weight is 1450 g/mol. The van der Waals surface area contributed by atoms with E-state index >= 15 is 0 Å². The van der Waals surface area contributed by atoms with Gasteiger partial charge in [0.1, 0.15) is 40.5 Å². The monoisotopic (exact) mass is 1450 g/mol. The standard InChI is InChI=1S/C20H34O3S.2C19H32O3S.C18H30O3S.4Na/c1-4-5-6-7-10-17(2)11-8-9-12-18(3)19-13-15-20(16-14-19)24(21,22)23;1-4-5-6-7-9-16(2)10-8-11-17(3)18-12-14-19(15-13-18)23(20,21)22;1-4-6-7-8-9-16(3)10-11-17(5-2)18-12-14-19(15-13-18)23(20,21)22;1-4-5-6-7-8-15(2)9-10-16(3)17-11-13-18(14-12-17)22(19,20)21;;;;/h13-18H,4-12H2,1-3H3,(H,21,22,23);2*12-17H,4-11H2,1-3H3,(H,20,21,22);11-16H,4-10H2,1-3H3,(H,19,20,21);;;;/q;;;;4*+1/p-4. The van der Waals surface area contributed by atoms with Gasteiger partial charge in [0.05, 0.1) is 19.6 Å². The summed E-state index contributed by atoms with van der Waals surface area (Å²) in [5.74, 6) is 4.70. The van der Waals surface area contributed by atoms with Crippen molar-refractivity contribution in [3.63, 3.8) is 0 Å². The predicted molar refractivity (Wildman–Crippen MR) is 378 cm³/mol. The molecular formula is C76H124Na4O12S4. The summed E-state index contributed by atoms with van der Waals surface area (Å²) in [7, 11) is -17.4. The minimum Gasteiger partial charge on any atom is -0.744 e. The topological polar surface area (TPSA) is 229 Å². The van der Waals surface area contributed by atoms with Gasteiger partial charge in [-0.05, 0) is 150 Å². The second-order valence-electron chi connectivity index (χ2n) is 27.1. The van der Waals surface area contributed by atoms with Gasteiger partial charge < -0.3 is 18.2 Å². The van der Waals surface area contributed by atoms with Crippen LogP contribution in [0, 0.1) is 23.7 Å². The molecular weight excluding hydrogens is 1330 g/mol. The van der Waals surface area contributed by atoms with Crippen LogP contribution in [0.4, 0.5) is 0 Å².